The zero-order valence-corrected chi connectivity index (χ0v) is 17.2. The van der Waals surface area contributed by atoms with Crippen LogP contribution < -0.4 is 14.8 Å². The summed E-state index contributed by atoms with van der Waals surface area (Å²) in [5.41, 5.74) is 1.74. The van der Waals surface area contributed by atoms with Gasteiger partial charge in [0.2, 0.25) is 5.91 Å². The fourth-order valence-electron chi connectivity index (χ4n) is 2.81. The van der Waals surface area contributed by atoms with Crippen molar-refractivity contribution in [2.24, 2.45) is 0 Å². The third-order valence-electron chi connectivity index (χ3n) is 4.34. The van der Waals surface area contributed by atoms with Crippen molar-refractivity contribution in [2.45, 2.75) is 37.6 Å². The number of nitrogens with one attached hydrogen (secondary N) is 1. The number of carbonyl (C=O) groups is 2. The van der Waals surface area contributed by atoms with Crippen LogP contribution in [0.15, 0.2) is 23.2 Å². The Morgan fingerprint density at radius 2 is 1.79 bits per heavy atom. The van der Waals surface area contributed by atoms with E-state index in [-0.39, 0.29) is 17.4 Å². The van der Waals surface area contributed by atoms with Gasteiger partial charge in [-0.2, -0.15) is 0 Å². The van der Waals surface area contributed by atoms with E-state index in [0.717, 1.165) is 18.7 Å². The third-order valence-corrected chi connectivity index (χ3v) is 5.32. The van der Waals surface area contributed by atoms with Gasteiger partial charge in [0.15, 0.2) is 5.78 Å². The van der Waals surface area contributed by atoms with Crippen LogP contribution in [0, 0.1) is 6.92 Å². The zero-order valence-electron chi connectivity index (χ0n) is 16.4. The first-order valence-corrected chi connectivity index (χ1v) is 9.95. The summed E-state index contributed by atoms with van der Waals surface area (Å²) < 4.78 is 10.4. The number of ketones is 1. The lowest BCUT2D eigenvalue weighted by Crippen LogP contribution is -2.15. The van der Waals surface area contributed by atoms with E-state index in [1.165, 1.54) is 18.7 Å². The van der Waals surface area contributed by atoms with Crippen LogP contribution in [0.25, 0.3) is 0 Å². The molecule has 0 aliphatic heterocycles. The SMILES string of the molecule is COc1cc(NC(=O)CSc2nc(C3CC3)nc(C)c2C(C)=O)cc(OC)c1. The van der Waals surface area contributed by atoms with Crippen molar-refractivity contribution in [3.05, 3.63) is 35.3 Å². The van der Waals surface area contributed by atoms with Gasteiger partial charge in [-0.05, 0) is 26.7 Å². The van der Waals surface area contributed by atoms with Crippen LogP contribution in [-0.4, -0.2) is 41.6 Å². The van der Waals surface area contributed by atoms with Gasteiger partial charge in [0, 0.05) is 29.8 Å². The molecule has 1 aromatic carbocycles. The molecule has 1 saturated carbocycles. The maximum atomic E-state index is 12.4. The van der Waals surface area contributed by atoms with Gasteiger partial charge in [0.05, 0.1) is 31.2 Å². The van der Waals surface area contributed by atoms with Gasteiger partial charge in [-0.3, -0.25) is 9.59 Å². The number of ether oxygens (including phenoxy) is 2. The Labute approximate surface area is 168 Å². The van der Waals surface area contributed by atoms with Crippen molar-refractivity contribution in [1.29, 1.82) is 0 Å². The van der Waals surface area contributed by atoms with E-state index in [4.69, 9.17) is 9.47 Å². The molecule has 28 heavy (non-hydrogen) atoms. The Kier molecular flexibility index (Phi) is 6.18. The standard InChI is InChI=1S/C20H23N3O4S/c1-11-18(12(2)24)20(23-19(21-11)13-5-6-13)28-10-17(25)22-14-7-15(26-3)9-16(8-14)27-4/h7-9,13H,5-6,10H2,1-4H3,(H,22,25). The molecule has 1 aliphatic carbocycles. The molecule has 3 rings (SSSR count). The highest BCUT2D eigenvalue weighted by molar-refractivity contribution is 8.00. The number of benzene rings is 1. The van der Waals surface area contributed by atoms with E-state index < -0.39 is 0 Å². The smallest absolute Gasteiger partial charge is 0.234 e. The molecule has 0 unspecified atom stereocenters. The summed E-state index contributed by atoms with van der Waals surface area (Å²) in [7, 11) is 3.10. The first-order chi connectivity index (χ1) is 13.4. The van der Waals surface area contributed by atoms with Gasteiger partial charge in [0.1, 0.15) is 22.3 Å². The number of hydrogen-bond acceptors (Lipinski definition) is 7. The summed E-state index contributed by atoms with van der Waals surface area (Å²) in [6, 6.07) is 5.16. The lowest BCUT2D eigenvalue weighted by atomic mass is 10.2. The summed E-state index contributed by atoms with van der Waals surface area (Å²) in [6.07, 6.45) is 2.14. The van der Waals surface area contributed by atoms with Crippen LogP contribution in [0.5, 0.6) is 11.5 Å². The summed E-state index contributed by atoms with van der Waals surface area (Å²) in [6.45, 7) is 3.31. The molecule has 1 heterocycles. The van der Waals surface area contributed by atoms with E-state index in [9.17, 15) is 9.59 Å². The topological polar surface area (TPSA) is 90.4 Å². The Hall–Kier alpha value is -2.61. The number of anilines is 1. The van der Waals surface area contributed by atoms with E-state index in [1.807, 2.05) is 6.92 Å². The highest BCUT2D eigenvalue weighted by atomic mass is 32.2. The van der Waals surface area contributed by atoms with E-state index in [1.54, 1.807) is 32.4 Å². The van der Waals surface area contributed by atoms with Crippen LogP contribution in [0.2, 0.25) is 0 Å². The molecule has 0 spiro atoms. The van der Waals surface area contributed by atoms with Crippen LogP contribution in [-0.2, 0) is 4.79 Å². The van der Waals surface area contributed by atoms with Crippen molar-refractivity contribution in [3.8, 4) is 11.5 Å². The normalized spacial score (nSPS) is 13.1. The zero-order chi connectivity index (χ0) is 20.3. The molecule has 1 fully saturated rings. The number of carbonyl (C=O) groups excluding carboxylic acids is 2. The minimum atomic E-state index is -0.209. The average Bonchev–Trinajstić information content (AvgIpc) is 3.50. The molecule has 1 aliphatic rings. The summed E-state index contributed by atoms with van der Waals surface area (Å²) in [4.78, 5) is 33.5. The van der Waals surface area contributed by atoms with Gasteiger partial charge in [-0.25, -0.2) is 9.97 Å². The van der Waals surface area contributed by atoms with Gasteiger partial charge >= 0.3 is 0 Å². The number of aryl methyl sites for hydroxylation is 1. The van der Waals surface area contributed by atoms with Crippen LogP contribution in [0.4, 0.5) is 5.69 Å². The van der Waals surface area contributed by atoms with Crippen molar-refractivity contribution in [3.63, 3.8) is 0 Å². The second-order valence-corrected chi connectivity index (χ2v) is 7.58. The van der Waals surface area contributed by atoms with Crippen molar-refractivity contribution in [2.75, 3.05) is 25.3 Å². The molecule has 1 aromatic heterocycles. The maximum absolute atomic E-state index is 12.4. The molecule has 0 atom stereocenters. The molecule has 1 amide bonds. The minimum Gasteiger partial charge on any atom is -0.497 e. The number of hydrogen-bond donors (Lipinski definition) is 1. The summed E-state index contributed by atoms with van der Waals surface area (Å²) in [5.74, 6) is 2.13. The highest BCUT2D eigenvalue weighted by Gasteiger charge is 2.29. The van der Waals surface area contributed by atoms with E-state index in [2.05, 4.69) is 15.3 Å². The monoisotopic (exact) mass is 401 g/mol. The lowest BCUT2D eigenvalue weighted by molar-refractivity contribution is -0.113. The van der Waals surface area contributed by atoms with E-state index >= 15 is 0 Å². The van der Waals surface area contributed by atoms with Crippen molar-refractivity contribution < 1.29 is 19.1 Å². The largest absolute Gasteiger partial charge is 0.497 e. The van der Waals surface area contributed by atoms with Crippen LogP contribution in [0.3, 0.4) is 0 Å². The first-order valence-electron chi connectivity index (χ1n) is 8.96. The van der Waals surface area contributed by atoms with Gasteiger partial charge in [0.25, 0.3) is 0 Å². The average molecular weight is 401 g/mol. The van der Waals surface area contributed by atoms with Crippen LogP contribution in [0.1, 0.15) is 47.6 Å². The summed E-state index contributed by atoms with van der Waals surface area (Å²) >= 11 is 1.25. The Morgan fingerprint density at radius 3 is 2.32 bits per heavy atom. The third kappa shape index (κ3) is 4.81. The first kappa shape index (κ1) is 20.1. The predicted molar refractivity (Wildman–Crippen MR) is 108 cm³/mol. The maximum Gasteiger partial charge on any atom is 0.234 e. The Bertz CT molecular complexity index is 890. The molecule has 2 aromatic rings. The fourth-order valence-corrected chi connectivity index (χ4v) is 3.75. The Morgan fingerprint density at radius 1 is 1.14 bits per heavy atom. The van der Waals surface area contributed by atoms with Crippen molar-refractivity contribution >= 4 is 29.1 Å². The fraction of sp³-hybridized carbons (Fsp3) is 0.400. The van der Waals surface area contributed by atoms with E-state index in [0.29, 0.717) is 39.4 Å². The molecule has 0 bridgehead atoms. The van der Waals surface area contributed by atoms with Crippen LogP contribution >= 0.6 is 11.8 Å². The van der Waals surface area contributed by atoms with Gasteiger partial charge in [-0.1, -0.05) is 11.8 Å². The van der Waals surface area contributed by atoms with Gasteiger partial charge in [-0.15, -0.1) is 0 Å². The number of Topliss-reactive ketones (excluding diaryl/α,β-unsaturated/α-hetero) is 1. The number of nitrogens with zero attached hydrogens (tertiary/aromatic N) is 2. The number of methoxy groups -OCH3 is 2. The second kappa shape index (κ2) is 8.60. The molecular weight excluding hydrogens is 378 g/mol. The number of rotatable bonds is 8. The molecule has 148 valence electrons. The lowest BCUT2D eigenvalue weighted by Gasteiger charge is -2.12. The molecule has 1 N–H and O–H groups in total. The molecular formula is C20H23N3O4S. The number of amides is 1. The number of aromatic nitrogens is 2. The Balaban J connectivity index is 1.73. The van der Waals surface area contributed by atoms with Crippen molar-refractivity contribution in [1.82, 2.24) is 9.97 Å². The quantitative estimate of drug-likeness (QED) is 0.410. The molecule has 8 heteroatoms. The minimum absolute atomic E-state index is 0.0970. The number of thioether (sulfide) groups is 1. The predicted octanol–water partition coefficient (Wildman–Crippen LogP) is 3.61. The summed E-state index contributed by atoms with van der Waals surface area (Å²) in [5, 5.41) is 3.40. The molecule has 0 saturated heterocycles. The van der Waals surface area contributed by atoms with Gasteiger partial charge < -0.3 is 14.8 Å². The second-order valence-electron chi connectivity index (χ2n) is 6.62. The highest BCUT2D eigenvalue weighted by Crippen LogP contribution is 2.39. The molecule has 7 nitrogen and oxygen atoms in total. The molecule has 0 radical (unpaired) electrons.